The molecular weight excluding hydrogens is 256 g/mol. The minimum atomic E-state index is 0.843. The van der Waals surface area contributed by atoms with E-state index < -0.39 is 0 Å². The van der Waals surface area contributed by atoms with Gasteiger partial charge in [-0.05, 0) is 38.0 Å². The Hall–Kier alpha value is -1.29. The molecular formula is C15H23N2OS+. The minimum Gasteiger partial charge on any atom is -0.492 e. The largest absolute Gasteiger partial charge is 0.492 e. The number of rotatable bonds is 8. The maximum atomic E-state index is 5.75. The van der Waals surface area contributed by atoms with Gasteiger partial charge >= 0.3 is 0 Å². The second kappa shape index (κ2) is 7.34. The summed E-state index contributed by atoms with van der Waals surface area (Å²) in [5, 5.41) is 4.22. The summed E-state index contributed by atoms with van der Waals surface area (Å²) in [5.74, 6) is 1.06. The zero-order valence-corrected chi connectivity index (χ0v) is 12.7. The van der Waals surface area contributed by atoms with Crippen molar-refractivity contribution in [3.63, 3.8) is 0 Å². The Morgan fingerprint density at radius 1 is 1.21 bits per heavy atom. The highest BCUT2D eigenvalue weighted by Gasteiger charge is 2.01. The van der Waals surface area contributed by atoms with Gasteiger partial charge in [0.15, 0.2) is 0 Å². The summed E-state index contributed by atoms with van der Waals surface area (Å²) in [6, 6.07) is 0. The van der Waals surface area contributed by atoms with Gasteiger partial charge in [-0.3, -0.25) is 0 Å². The molecule has 0 bridgehead atoms. The number of imidazole rings is 1. The lowest BCUT2D eigenvalue weighted by molar-refractivity contribution is -0.671. The minimum absolute atomic E-state index is 0.843. The average Bonchev–Trinajstić information content (AvgIpc) is 2.98. The van der Waals surface area contributed by atoms with Gasteiger partial charge in [0.2, 0.25) is 6.33 Å². The molecule has 2 aromatic rings. The second-order valence-corrected chi connectivity index (χ2v) is 5.74. The Bertz CT molecular complexity index is 490. The van der Waals surface area contributed by atoms with E-state index in [1.165, 1.54) is 24.8 Å². The van der Waals surface area contributed by atoms with Crippen molar-refractivity contribution in [2.24, 2.45) is 7.05 Å². The van der Waals surface area contributed by atoms with E-state index in [4.69, 9.17) is 4.74 Å². The predicted octanol–water partition coefficient (Wildman–Crippen LogP) is 3.32. The van der Waals surface area contributed by atoms with Crippen LogP contribution in [0, 0.1) is 6.92 Å². The van der Waals surface area contributed by atoms with Gasteiger partial charge in [-0.2, -0.15) is 0 Å². The van der Waals surface area contributed by atoms with Crippen LogP contribution in [0.4, 0.5) is 0 Å². The molecule has 2 heterocycles. The zero-order chi connectivity index (χ0) is 13.5. The van der Waals surface area contributed by atoms with Crippen LogP contribution in [0.1, 0.15) is 31.2 Å². The fourth-order valence-corrected chi connectivity index (χ4v) is 2.83. The molecule has 0 N–H and O–H groups in total. The normalized spacial score (nSPS) is 10.8. The smallest absolute Gasteiger partial charge is 0.243 e. The predicted molar refractivity (Wildman–Crippen MR) is 78.6 cm³/mol. The maximum Gasteiger partial charge on any atom is 0.243 e. The Kier molecular flexibility index (Phi) is 5.45. The van der Waals surface area contributed by atoms with Crippen LogP contribution < -0.4 is 9.30 Å². The van der Waals surface area contributed by atoms with Gasteiger partial charge in [0.25, 0.3) is 0 Å². The van der Waals surface area contributed by atoms with E-state index in [2.05, 4.69) is 52.6 Å². The topological polar surface area (TPSA) is 18.0 Å². The molecule has 0 amide bonds. The lowest BCUT2D eigenvalue weighted by atomic mass is 10.2. The first-order chi connectivity index (χ1) is 9.25. The van der Waals surface area contributed by atoms with Crippen molar-refractivity contribution in [1.29, 1.82) is 0 Å². The van der Waals surface area contributed by atoms with Crippen molar-refractivity contribution in [2.75, 3.05) is 6.61 Å². The van der Waals surface area contributed by atoms with Gasteiger partial charge in [0.1, 0.15) is 18.1 Å². The van der Waals surface area contributed by atoms with Crippen LogP contribution in [-0.2, 0) is 13.6 Å². The molecule has 0 radical (unpaired) electrons. The summed E-state index contributed by atoms with van der Waals surface area (Å²) in [5.41, 5.74) is 1.26. The molecule has 0 spiro atoms. The van der Waals surface area contributed by atoms with Crippen molar-refractivity contribution in [1.82, 2.24) is 4.57 Å². The van der Waals surface area contributed by atoms with Crippen LogP contribution in [0.2, 0.25) is 0 Å². The van der Waals surface area contributed by atoms with Gasteiger partial charge in [-0.1, -0.05) is 0 Å². The van der Waals surface area contributed by atoms with Crippen molar-refractivity contribution in [2.45, 2.75) is 39.2 Å². The molecule has 2 aromatic heterocycles. The molecule has 0 saturated heterocycles. The number of aromatic nitrogens is 2. The van der Waals surface area contributed by atoms with E-state index >= 15 is 0 Å². The average molecular weight is 279 g/mol. The highest BCUT2D eigenvalue weighted by molar-refractivity contribution is 7.08. The van der Waals surface area contributed by atoms with Crippen molar-refractivity contribution in [3.8, 4) is 5.75 Å². The number of ether oxygens (including phenoxy) is 1. The van der Waals surface area contributed by atoms with E-state index in [-0.39, 0.29) is 0 Å². The Labute approximate surface area is 119 Å². The van der Waals surface area contributed by atoms with Gasteiger partial charge in [0.05, 0.1) is 20.2 Å². The molecule has 0 aliphatic carbocycles. The van der Waals surface area contributed by atoms with Gasteiger partial charge in [0, 0.05) is 10.9 Å². The lowest BCUT2D eigenvalue weighted by Gasteiger charge is -2.05. The molecule has 0 fully saturated rings. The Morgan fingerprint density at radius 3 is 2.74 bits per heavy atom. The number of thiophene rings is 1. The van der Waals surface area contributed by atoms with Gasteiger partial charge in [-0.15, -0.1) is 11.3 Å². The van der Waals surface area contributed by atoms with Crippen LogP contribution in [0.25, 0.3) is 0 Å². The van der Waals surface area contributed by atoms with Crippen LogP contribution in [-0.4, -0.2) is 11.2 Å². The third-order valence-electron chi connectivity index (χ3n) is 3.20. The maximum absolute atomic E-state index is 5.75. The molecule has 0 unspecified atom stereocenters. The SMILES string of the molecule is Cc1cscc1OCCCCCCn1cc[n+](C)c1. The van der Waals surface area contributed by atoms with Crippen LogP contribution >= 0.6 is 11.3 Å². The molecule has 0 aliphatic heterocycles. The van der Waals surface area contributed by atoms with Gasteiger partial charge < -0.3 is 4.74 Å². The first-order valence-corrected chi connectivity index (χ1v) is 7.86. The summed E-state index contributed by atoms with van der Waals surface area (Å²) >= 11 is 1.71. The summed E-state index contributed by atoms with van der Waals surface area (Å²) in [6.07, 6.45) is 11.2. The van der Waals surface area contributed by atoms with E-state index in [1.54, 1.807) is 11.3 Å². The van der Waals surface area contributed by atoms with Crippen molar-refractivity contribution < 1.29 is 9.30 Å². The molecule has 19 heavy (non-hydrogen) atoms. The molecule has 0 aromatic carbocycles. The number of unbranched alkanes of at least 4 members (excludes halogenated alkanes) is 3. The molecule has 2 rings (SSSR count). The van der Waals surface area contributed by atoms with Crippen LogP contribution in [0.3, 0.4) is 0 Å². The number of aryl methyl sites for hydroxylation is 3. The monoisotopic (exact) mass is 279 g/mol. The quantitative estimate of drug-likeness (QED) is 0.535. The lowest BCUT2D eigenvalue weighted by Crippen LogP contribution is -2.23. The second-order valence-electron chi connectivity index (χ2n) is 5.00. The van der Waals surface area contributed by atoms with E-state index in [9.17, 15) is 0 Å². The molecule has 104 valence electrons. The summed E-state index contributed by atoms with van der Waals surface area (Å²) in [7, 11) is 2.06. The van der Waals surface area contributed by atoms with Crippen molar-refractivity contribution in [3.05, 3.63) is 35.0 Å². The fraction of sp³-hybridized carbons (Fsp3) is 0.533. The number of nitrogens with zero attached hydrogens (tertiary/aromatic N) is 2. The fourth-order valence-electron chi connectivity index (χ4n) is 2.06. The van der Waals surface area contributed by atoms with Crippen molar-refractivity contribution >= 4 is 11.3 Å². The summed E-state index contributed by atoms with van der Waals surface area (Å²) in [4.78, 5) is 0. The summed E-state index contributed by atoms with van der Waals surface area (Å²) < 4.78 is 10.1. The molecule has 0 saturated carbocycles. The molecule has 0 atom stereocenters. The van der Waals surface area contributed by atoms with Crippen LogP contribution in [0.5, 0.6) is 5.75 Å². The standard InChI is InChI=1S/C15H23N2OS/c1-14-11-19-12-15(14)18-10-6-4-3-5-7-17-9-8-16(2)13-17/h8-9,11-13H,3-7,10H2,1-2H3/q+1. The molecule has 0 aliphatic rings. The van der Waals surface area contributed by atoms with E-state index in [0.717, 1.165) is 25.3 Å². The first kappa shape index (κ1) is 14.1. The summed E-state index contributed by atoms with van der Waals surface area (Å²) in [6.45, 7) is 4.06. The Morgan fingerprint density at radius 2 is 2.05 bits per heavy atom. The first-order valence-electron chi connectivity index (χ1n) is 6.92. The third-order valence-corrected chi connectivity index (χ3v) is 4.04. The van der Waals surface area contributed by atoms with Crippen LogP contribution in [0.15, 0.2) is 29.5 Å². The zero-order valence-electron chi connectivity index (χ0n) is 11.8. The van der Waals surface area contributed by atoms with E-state index in [0.29, 0.717) is 0 Å². The molecule has 3 nitrogen and oxygen atoms in total. The highest BCUT2D eigenvalue weighted by Crippen LogP contribution is 2.22. The Balaban J connectivity index is 1.50. The highest BCUT2D eigenvalue weighted by atomic mass is 32.1. The number of hydrogen-bond donors (Lipinski definition) is 0. The van der Waals surface area contributed by atoms with E-state index in [1.807, 2.05) is 0 Å². The molecule has 4 heteroatoms. The third kappa shape index (κ3) is 4.71. The number of hydrogen-bond acceptors (Lipinski definition) is 2. The van der Waals surface area contributed by atoms with Gasteiger partial charge in [-0.25, -0.2) is 9.13 Å².